The number of aliphatic hydroxyl groups excluding tert-OH is 1. The third kappa shape index (κ3) is 5.27. The van der Waals surface area contributed by atoms with Gasteiger partial charge in [-0.05, 0) is 48.7 Å². The van der Waals surface area contributed by atoms with Crippen LogP contribution in [0.1, 0.15) is 34.9 Å². The third-order valence-electron chi connectivity index (χ3n) is 5.07. The number of hydrogen-bond donors (Lipinski definition) is 4. The van der Waals surface area contributed by atoms with Crippen LogP contribution < -0.4 is 16.4 Å². The number of rotatable bonds is 6. The first-order valence-corrected chi connectivity index (χ1v) is 10.4. The molecule has 0 aliphatic heterocycles. The lowest BCUT2D eigenvalue weighted by Gasteiger charge is -2.14. The molecule has 4 rings (SSSR count). The van der Waals surface area contributed by atoms with Gasteiger partial charge in [0.15, 0.2) is 6.10 Å². The van der Waals surface area contributed by atoms with Crippen molar-refractivity contribution >= 4 is 34.9 Å². The standard InChI is InChI=1S/C23H19ClF2N4O3/c24-19-9-16(30-23(33)20(31)11-5-13(25)8-14(26)6-11)3-4-17(19)12-7-18(21(27)28-10-12)22(32)29-15-1-2-15/h3-10,15,20,31H,1-2H2,(H2,27,28)(H,29,32)(H,30,33)/t20-/m0/s1. The second-order valence-electron chi connectivity index (χ2n) is 7.69. The summed E-state index contributed by atoms with van der Waals surface area (Å²) < 4.78 is 26.7. The normalized spacial score (nSPS) is 13.9. The summed E-state index contributed by atoms with van der Waals surface area (Å²) in [5.41, 5.74) is 7.20. The molecule has 0 spiro atoms. The van der Waals surface area contributed by atoms with Crippen LogP contribution in [-0.4, -0.2) is 27.9 Å². The number of benzene rings is 2. The highest BCUT2D eigenvalue weighted by atomic mass is 35.5. The number of nitrogens with one attached hydrogen (secondary N) is 2. The number of carbonyl (C=O) groups excluding carboxylic acids is 2. The zero-order valence-electron chi connectivity index (χ0n) is 17.1. The Balaban J connectivity index is 1.52. The highest BCUT2D eigenvalue weighted by Crippen LogP contribution is 2.32. The number of nitrogens with two attached hydrogens (primary N) is 1. The SMILES string of the molecule is Nc1ncc(-c2ccc(NC(=O)[C@@H](O)c3cc(F)cc(F)c3)cc2Cl)cc1C(=O)NC1CC1. The van der Waals surface area contributed by atoms with Gasteiger partial charge in [0.05, 0.1) is 10.6 Å². The van der Waals surface area contributed by atoms with Gasteiger partial charge in [-0.1, -0.05) is 17.7 Å². The highest BCUT2D eigenvalue weighted by molar-refractivity contribution is 6.33. The van der Waals surface area contributed by atoms with Crippen molar-refractivity contribution in [2.75, 3.05) is 11.1 Å². The molecule has 10 heteroatoms. The molecule has 0 bridgehead atoms. The summed E-state index contributed by atoms with van der Waals surface area (Å²) in [6.45, 7) is 0. The largest absolute Gasteiger partial charge is 0.383 e. The van der Waals surface area contributed by atoms with Gasteiger partial charge in [0.1, 0.15) is 17.5 Å². The summed E-state index contributed by atoms with van der Waals surface area (Å²) in [6.07, 6.45) is 1.55. The van der Waals surface area contributed by atoms with Crippen molar-refractivity contribution in [1.29, 1.82) is 0 Å². The van der Waals surface area contributed by atoms with E-state index in [1.54, 1.807) is 12.1 Å². The molecule has 1 aliphatic rings. The van der Waals surface area contributed by atoms with Gasteiger partial charge in [-0.3, -0.25) is 9.59 Å². The zero-order chi connectivity index (χ0) is 23.7. The van der Waals surface area contributed by atoms with E-state index in [1.165, 1.54) is 18.3 Å². The molecule has 1 fully saturated rings. The predicted molar refractivity (Wildman–Crippen MR) is 120 cm³/mol. The molecule has 2 aromatic carbocycles. The molecule has 1 aromatic heterocycles. The summed E-state index contributed by atoms with van der Waals surface area (Å²) in [7, 11) is 0. The molecule has 33 heavy (non-hydrogen) atoms. The Bertz CT molecular complexity index is 1230. The number of halogens is 3. The van der Waals surface area contributed by atoms with Crippen molar-refractivity contribution in [2.24, 2.45) is 0 Å². The number of anilines is 2. The van der Waals surface area contributed by atoms with E-state index in [9.17, 15) is 23.5 Å². The maximum atomic E-state index is 13.4. The van der Waals surface area contributed by atoms with Crippen molar-refractivity contribution in [1.82, 2.24) is 10.3 Å². The first-order valence-electron chi connectivity index (χ1n) is 10.0. The van der Waals surface area contributed by atoms with Crippen LogP contribution >= 0.6 is 11.6 Å². The van der Waals surface area contributed by atoms with Gasteiger partial charge in [0.25, 0.3) is 11.8 Å². The molecule has 2 amide bonds. The van der Waals surface area contributed by atoms with Gasteiger partial charge in [0.2, 0.25) is 0 Å². The van der Waals surface area contributed by atoms with Gasteiger partial charge in [0, 0.05) is 35.1 Å². The molecule has 1 atom stereocenters. The van der Waals surface area contributed by atoms with Crippen LogP contribution in [0.4, 0.5) is 20.3 Å². The highest BCUT2D eigenvalue weighted by Gasteiger charge is 2.25. The van der Waals surface area contributed by atoms with Gasteiger partial charge in [-0.15, -0.1) is 0 Å². The summed E-state index contributed by atoms with van der Waals surface area (Å²) in [5, 5.41) is 15.7. The molecule has 7 nitrogen and oxygen atoms in total. The summed E-state index contributed by atoms with van der Waals surface area (Å²) in [4.78, 5) is 28.8. The number of aromatic nitrogens is 1. The Morgan fingerprint density at radius 1 is 1.12 bits per heavy atom. The predicted octanol–water partition coefficient (Wildman–Crippen LogP) is 3.83. The molecule has 5 N–H and O–H groups in total. The van der Waals surface area contributed by atoms with Crippen LogP contribution in [0.15, 0.2) is 48.7 Å². The first kappa shape index (κ1) is 22.6. The lowest BCUT2D eigenvalue weighted by molar-refractivity contribution is -0.124. The van der Waals surface area contributed by atoms with Gasteiger partial charge in [-0.25, -0.2) is 13.8 Å². The van der Waals surface area contributed by atoms with Crippen LogP contribution in [0.25, 0.3) is 11.1 Å². The van der Waals surface area contributed by atoms with E-state index in [0.29, 0.717) is 17.2 Å². The Labute approximate surface area is 192 Å². The fraction of sp³-hybridized carbons (Fsp3) is 0.174. The fourth-order valence-corrected chi connectivity index (χ4v) is 3.51. The van der Waals surface area contributed by atoms with E-state index < -0.39 is 23.6 Å². The average Bonchev–Trinajstić information content (AvgIpc) is 3.57. The number of amides is 2. The smallest absolute Gasteiger partial charge is 0.257 e. The Morgan fingerprint density at radius 3 is 2.45 bits per heavy atom. The van der Waals surface area contributed by atoms with E-state index in [-0.39, 0.29) is 39.6 Å². The van der Waals surface area contributed by atoms with Crippen LogP contribution in [0.5, 0.6) is 0 Å². The molecule has 1 heterocycles. The number of carbonyl (C=O) groups is 2. The van der Waals surface area contributed by atoms with Crippen molar-refractivity contribution in [2.45, 2.75) is 25.0 Å². The number of nitrogens with zero attached hydrogens (tertiary/aromatic N) is 1. The third-order valence-corrected chi connectivity index (χ3v) is 5.39. The molecule has 0 radical (unpaired) electrons. The Hall–Kier alpha value is -3.56. The average molecular weight is 473 g/mol. The minimum atomic E-state index is -1.79. The molecule has 3 aromatic rings. The summed E-state index contributed by atoms with van der Waals surface area (Å²) >= 11 is 6.38. The van der Waals surface area contributed by atoms with E-state index in [1.807, 2.05) is 0 Å². The Kier molecular flexibility index (Phi) is 6.26. The van der Waals surface area contributed by atoms with Crippen molar-refractivity contribution in [3.05, 3.63) is 76.4 Å². The minimum Gasteiger partial charge on any atom is -0.383 e. The maximum Gasteiger partial charge on any atom is 0.257 e. The van der Waals surface area contributed by atoms with Crippen molar-refractivity contribution < 1.29 is 23.5 Å². The first-order chi connectivity index (χ1) is 15.7. The van der Waals surface area contributed by atoms with Crippen LogP contribution in [-0.2, 0) is 4.79 Å². The van der Waals surface area contributed by atoms with Crippen LogP contribution in [0.3, 0.4) is 0 Å². The lowest BCUT2D eigenvalue weighted by Crippen LogP contribution is -2.26. The van der Waals surface area contributed by atoms with E-state index >= 15 is 0 Å². The summed E-state index contributed by atoms with van der Waals surface area (Å²) in [6, 6.07) is 8.68. The topological polar surface area (TPSA) is 117 Å². The van der Waals surface area contributed by atoms with Crippen molar-refractivity contribution in [3.8, 4) is 11.1 Å². The van der Waals surface area contributed by atoms with Crippen molar-refractivity contribution in [3.63, 3.8) is 0 Å². The van der Waals surface area contributed by atoms with Crippen LogP contribution in [0.2, 0.25) is 5.02 Å². The molecule has 0 saturated heterocycles. The van der Waals surface area contributed by atoms with Crippen LogP contribution in [0, 0.1) is 11.6 Å². The molecule has 0 unspecified atom stereocenters. The Morgan fingerprint density at radius 2 is 1.82 bits per heavy atom. The zero-order valence-corrected chi connectivity index (χ0v) is 17.9. The van der Waals surface area contributed by atoms with Gasteiger partial charge in [-0.2, -0.15) is 0 Å². The maximum absolute atomic E-state index is 13.4. The van der Waals surface area contributed by atoms with E-state index in [0.717, 1.165) is 25.0 Å². The molecule has 1 aliphatic carbocycles. The fourth-order valence-electron chi connectivity index (χ4n) is 3.22. The minimum absolute atomic E-state index is 0.0969. The number of nitrogen functional groups attached to an aromatic ring is 1. The lowest BCUT2D eigenvalue weighted by atomic mass is 10.0. The van der Waals surface area contributed by atoms with Gasteiger partial charge < -0.3 is 21.5 Å². The van der Waals surface area contributed by atoms with E-state index in [2.05, 4.69) is 15.6 Å². The molecule has 170 valence electrons. The van der Waals surface area contributed by atoms with E-state index in [4.69, 9.17) is 17.3 Å². The second-order valence-corrected chi connectivity index (χ2v) is 8.10. The number of pyridine rings is 1. The monoisotopic (exact) mass is 472 g/mol. The summed E-state index contributed by atoms with van der Waals surface area (Å²) in [5.74, 6) is -2.93. The molecular formula is C23H19ClF2N4O3. The second kappa shape index (κ2) is 9.13. The molecule has 1 saturated carbocycles. The number of aliphatic hydroxyl groups is 1. The van der Waals surface area contributed by atoms with Gasteiger partial charge >= 0.3 is 0 Å². The molecular weight excluding hydrogens is 454 g/mol. The number of hydrogen-bond acceptors (Lipinski definition) is 5. The quantitative estimate of drug-likeness (QED) is 0.435.